The molecule has 1 aromatic carbocycles. The van der Waals surface area contributed by atoms with Crippen LogP contribution in [0.2, 0.25) is 10.0 Å². The van der Waals surface area contributed by atoms with Crippen molar-refractivity contribution in [2.75, 3.05) is 14.2 Å². The summed E-state index contributed by atoms with van der Waals surface area (Å²) in [6.45, 7) is 0. The lowest BCUT2D eigenvalue weighted by Gasteiger charge is -2.32. The molecule has 2 rings (SSSR count). The molecule has 1 fully saturated rings. The quantitative estimate of drug-likeness (QED) is 0.580. The van der Waals surface area contributed by atoms with Gasteiger partial charge >= 0.3 is 0 Å². The van der Waals surface area contributed by atoms with E-state index in [4.69, 9.17) is 32.7 Å². The Balaban J connectivity index is 2.58. The van der Waals surface area contributed by atoms with Gasteiger partial charge in [0.05, 0.1) is 24.3 Å². The lowest BCUT2D eigenvalue weighted by Crippen LogP contribution is -2.34. The maximum absolute atomic E-state index is 13.1. The van der Waals surface area contributed by atoms with E-state index in [1.807, 2.05) is 0 Å². The van der Waals surface area contributed by atoms with E-state index in [2.05, 4.69) is 9.24 Å². The monoisotopic (exact) mass is 348 g/mol. The Bertz CT molecular complexity index is 526. The van der Waals surface area contributed by atoms with Gasteiger partial charge in [0, 0.05) is 5.16 Å². The summed E-state index contributed by atoms with van der Waals surface area (Å²) in [4.78, 5) is 13.1. The minimum Gasteiger partial charge on any atom is -0.494 e. The molecule has 0 aliphatic heterocycles. The zero-order valence-electron chi connectivity index (χ0n) is 12.2. The highest BCUT2D eigenvalue weighted by molar-refractivity contribution is 7.21. The Morgan fingerprint density at radius 3 is 2.00 bits per heavy atom. The second kappa shape index (κ2) is 6.73. The number of hydrogen-bond donors (Lipinski definition) is 0. The van der Waals surface area contributed by atoms with E-state index in [1.54, 1.807) is 0 Å². The van der Waals surface area contributed by atoms with Crippen LogP contribution in [0.1, 0.15) is 42.5 Å². The Hall–Kier alpha value is -0.500. The van der Waals surface area contributed by atoms with E-state index >= 15 is 0 Å². The summed E-state index contributed by atoms with van der Waals surface area (Å²) in [5.74, 6) is 0.621. The molecule has 0 aromatic heterocycles. The molecule has 116 valence electrons. The number of rotatable bonds is 4. The third kappa shape index (κ3) is 3.16. The zero-order valence-corrected chi connectivity index (χ0v) is 14.8. The molecule has 1 saturated carbocycles. The van der Waals surface area contributed by atoms with Crippen LogP contribution >= 0.6 is 32.4 Å². The first-order valence-corrected chi connectivity index (χ1v) is 8.21. The van der Waals surface area contributed by atoms with Crippen LogP contribution in [-0.2, 0) is 0 Å². The Morgan fingerprint density at radius 2 is 1.57 bits per heavy atom. The van der Waals surface area contributed by atoms with Crippen LogP contribution in [0.25, 0.3) is 0 Å². The summed E-state index contributed by atoms with van der Waals surface area (Å²) in [5, 5.41) is 0.138. The van der Waals surface area contributed by atoms with Gasteiger partial charge in [0.1, 0.15) is 5.56 Å². The molecule has 1 aliphatic rings. The fourth-order valence-corrected chi connectivity index (χ4v) is 4.02. The van der Waals surface area contributed by atoms with Crippen molar-refractivity contribution < 1.29 is 14.3 Å². The highest BCUT2D eigenvalue weighted by Gasteiger charge is 2.39. The van der Waals surface area contributed by atoms with Crippen molar-refractivity contribution in [3.63, 3.8) is 0 Å². The molecule has 0 radical (unpaired) electrons. The minimum absolute atomic E-state index is 0.0368. The molecule has 3 nitrogen and oxygen atoms in total. The summed E-state index contributed by atoms with van der Waals surface area (Å²) < 4.78 is 10.7. The SMILES string of the molecule is COc1c(Cl)cc(Cl)c(OC)c1C(=O)C1(P)CCCCC1. The van der Waals surface area contributed by atoms with Crippen LogP contribution in [0.15, 0.2) is 6.07 Å². The summed E-state index contributed by atoms with van der Waals surface area (Å²) in [7, 11) is 5.70. The van der Waals surface area contributed by atoms with Gasteiger partial charge in [-0.05, 0) is 18.9 Å². The van der Waals surface area contributed by atoms with Gasteiger partial charge in [-0.2, -0.15) is 0 Å². The average molecular weight is 349 g/mol. The maximum atomic E-state index is 13.1. The van der Waals surface area contributed by atoms with Crippen molar-refractivity contribution in [2.24, 2.45) is 0 Å². The van der Waals surface area contributed by atoms with E-state index < -0.39 is 5.16 Å². The predicted molar refractivity (Wildman–Crippen MR) is 89.4 cm³/mol. The van der Waals surface area contributed by atoms with Gasteiger partial charge in [0.2, 0.25) is 0 Å². The van der Waals surface area contributed by atoms with Gasteiger partial charge in [-0.15, -0.1) is 9.24 Å². The van der Waals surface area contributed by atoms with E-state index in [9.17, 15) is 4.79 Å². The highest BCUT2D eigenvalue weighted by Crippen LogP contribution is 2.47. The van der Waals surface area contributed by atoms with Gasteiger partial charge in [0.15, 0.2) is 17.3 Å². The predicted octanol–water partition coefficient (Wildman–Crippen LogP) is 4.77. The Morgan fingerprint density at radius 1 is 1.10 bits per heavy atom. The Kier molecular flexibility index (Phi) is 5.40. The molecule has 0 N–H and O–H groups in total. The van der Waals surface area contributed by atoms with Gasteiger partial charge in [0.25, 0.3) is 0 Å². The number of carbonyl (C=O) groups excluding carboxylic acids is 1. The largest absolute Gasteiger partial charge is 0.494 e. The van der Waals surface area contributed by atoms with Crippen molar-refractivity contribution in [1.29, 1.82) is 0 Å². The van der Waals surface area contributed by atoms with E-state index in [0.29, 0.717) is 27.1 Å². The number of ketones is 1. The first-order valence-electron chi connectivity index (χ1n) is 6.88. The van der Waals surface area contributed by atoms with Crippen LogP contribution < -0.4 is 9.47 Å². The normalized spacial score (nSPS) is 17.4. The zero-order chi connectivity index (χ0) is 15.6. The summed E-state index contributed by atoms with van der Waals surface area (Å²) in [5.41, 5.74) is 0.342. The number of benzene rings is 1. The van der Waals surface area contributed by atoms with Crippen molar-refractivity contribution in [3.05, 3.63) is 21.7 Å². The topological polar surface area (TPSA) is 35.5 Å². The van der Waals surface area contributed by atoms with Crippen molar-refractivity contribution in [1.82, 2.24) is 0 Å². The van der Waals surface area contributed by atoms with Crippen LogP contribution in [0, 0.1) is 0 Å². The standard InChI is InChI=1S/C15H19Cl2O3P/c1-19-12-9(16)8-10(17)13(20-2)11(12)14(18)15(21)6-4-3-5-7-15/h8H,3-7,21H2,1-2H3. The highest BCUT2D eigenvalue weighted by atomic mass is 35.5. The molecule has 0 saturated heterocycles. The average Bonchev–Trinajstić information content (AvgIpc) is 2.46. The van der Waals surface area contributed by atoms with Crippen LogP contribution in [0.4, 0.5) is 0 Å². The fraction of sp³-hybridized carbons (Fsp3) is 0.533. The first-order chi connectivity index (χ1) is 9.94. The van der Waals surface area contributed by atoms with Gasteiger partial charge < -0.3 is 9.47 Å². The number of hydrogen-bond acceptors (Lipinski definition) is 3. The van der Waals surface area contributed by atoms with Gasteiger partial charge in [-0.1, -0.05) is 42.5 Å². The van der Waals surface area contributed by atoms with Gasteiger partial charge in [-0.3, -0.25) is 4.79 Å². The summed E-state index contributed by atoms with van der Waals surface area (Å²) >= 11 is 12.3. The molecule has 6 heteroatoms. The molecule has 0 heterocycles. The molecule has 21 heavy (non-hydrogen) atoms. The lowest BCUT2D eigenvalue weighted by atomic mass is 9.82. The molecule has 0 spiro atoms. The number of carbonyl (C=O) groups is 1. The van der Waals surface area contributed by atoms with Crippen molar-refractivity contribution >= 4 is 38.2 Å². The molecule has 1 aromatic rings. The Labute approximate surface area is 137 Å². The number of methoxy groups -OCH3 is 2. The summed E-state index contributed by atoms with van der Waals surface area (Å²) in [6, 6.07) is 1.54. The van der Waals surface area contributed by atoms with E-state index in [0.717, 1.165) is 32.1 Å². The van der Waals surface area contributed by atoms with Crippen LogP contribution in [0.3, 0.4) is 0 Å². The van der Waals surface area contributed by atoms with Crippen LogP contribution in [0.5, 0.6) is 11.5 Å². The smallest absolute Gasteiger partial charge is 0.180 e. The van der Waals surface area contributed by atoms with E-state index in [-0.39, 0.29) is 5.78 Å². The second-order valence-electron chi connectivity index (χ2n) is 5.33. The molecule has 1 aliphatic carbocycles. The number of halogens is 2. The van der Waals surface area contributed by atoms with Crippen molar-refractivity contribution in [2.45, 2.75) is 37.3 Å². The molecule has 1 unspecified atom stereocenters. The fourth-order valence-electron chi connectivity index (χ4n) is 2.85. The number of Topliss-reactive ketones (excluding diaryl/α,β-unsaturated/α-hetero) is 1. The lowest BCUT2D eigenvalue weighted by molar-refractivity contribution is 0.0911. The van der Waals surface area contributed by atoms with E-state index in [1.165, 1.54) is 20.3 Å². The molecule has 1 atom stereocenters. The third-order valence-electron chi connectivity index (χ3n) is 3.97. The molecular weight excluding hydrogens is 330 g/mol. The third-order valence-corrected chi connectivity index (χ3v) is 5.38. The van der Waals surface area contributed by atoms with Crippen molar-refractivity contribution in [3.8, 4) is 11.5 Å². The first kappa shape index (κ1) is 16.9. The minimum atomic E-state index is -0.493. The number of ether oxygens (including phenoxy) is 2. The molecular formula is C15H19Cl2O3P. The van der Waals surface area contributed by atoms with Crippen LogP contribution in [-0.4, -0.2) is 25.2 Å². The van der Waals surface area contributed by atoms with Gasteiger partial charge in [-0.25, -0.2) is 0 Å². The molecule has 0 bridgehead atoms. The molecule has 0 amide bonds. The summed E-state index contributed by atoms with van der Waals surface area (Å²) in [6.07, 6.45) is 4.89. The maximum Gasteiger partial charge on any atom is 0.180 e. The second-order valence-corrected chi connectivity index (χ2v) is 7.25.